The average Bonchev–Trinajstić information content (AvgIpc) is 2.68. The van der Waals surface area contributed by atoms with Crippen molar-refractivity contribution in [1.29, 1.82) is 0 Å². The van der Waals surface area contributed by atoms with E-state index < -0.39 is 5.97 Å². The van der Waals surface area contributed by atoms with Gasteiger partial charge in [0.15, 0.2) is 0 Å². The van der Waals surface area contributed by atoms with Crippen LogP contribution < -0.4 is 9.78 Å². The van der Waals surface area contributed by atoms with Gasteiger partial charge in [-0.2, -0.15) is 9.78 Å². The number of hydrogen-bond donors (Lipinski definition) is 1. The van der Waals surface area contributed by atoms with E-state index in [2.05, 4.69) is 0 Å². The van der Waals surface area contributed by atoms with E-state index in [9.17, 15) is 4.79 Å². The molecule has 6 heteroatoms. The zero-order chi connectivity index (χ0) is 19.5. The lowest BCUT2D eigenvalue weighted by molar-refractivity contribution is -0.228. The molecule has 0 radical (unpaired) electrons. The predicted octanol–water partition coefficient (Wildman–Crippen LogP) is 4.89. The molecule has 2 aromatic rings. The molecule has 0 heterocycles. The summed E-state index contributed by atoms with van der Waals surface area (Å²) in [7, 11) is 0. The van der Waals surface area contributed by atoms with Crippen LogP contribution in [-0.4, -0.2) is 24.3 Å². The van der Waals surface area contributed by atoms with Gasteiger partial charge in [-0.25, -0.2) is 4.79 Å². The Labute approximate surface area is 158 Å². The Kier molecular flexibility index (Phi) is 8.35. The molecule has 0 fully saturated rings. The molecule has 0 aliphatic rings. The number of carboxylic acids is 1. The number of carboxylic acid groups (broad SMARTS) is 1. The van der Waals surface area contributed by atoms with E-state index in [1.54, 1.807) is 18.2 Å². The molecule has 2 rings (SSSR count). The predicted molar refractivity (Wildman–Crippen MR) is 102 cm³/mol. The van der Waals surface area contributed by atoms with Gasteiger partial charge in [-0.05, 0) is 53.8 Å². The molecule has 0 aromatic heterocycles. The van der Waals surface area contributed by atoms with E-state index in [0.29, 0.717) is 24.7 Å². The standard InChI is InChI=1S/C21H24O6/c1-3-12-24-26-19-10-9-18(15-20(19)27-25-13-4-2)17-7-5-6-16(14-17)8-11-21(22)23/h5-11,14-15H,3-4,12-13H2,1-2H3,(H,22,23). The van der Waals surface area contributed by atoms with Crippen molar-refractivity contribution in [2.24, 2.45) is 0 Å². The molecule has 0 atom stereocenters. The lowest BCUT2D eigenvalue weighted by Crippen LogP contribution is -2.03. The summed E-state index contributed by atoms with van der Waals surface area (Å²) in [5, 5.41) is 8.78. The van der Waals surface area contributed by atoms with Crippen LogP contribution in [0.3, 0.4) is 0 Å². The fourth-order valence-corrected chi connectivity index (χ4v) is 2.19. The molecular weight excluding hydrogens is 348 g/mol. The number of benzene rings is 2. The number of aliphatic carboxylic acids is 1. The fourth-order valence-electron chi connectivity index (χ4n) is 2.19. The van der Waals surface area contributed by atoms with Gasteiger partial charge in [0.05, 0.1) is 13.2 Å². The summed E-state index contributed by atoms with van der Waals surface area (Å²) in [6.45, 7) is 4.89. The van der Waals surface area contributed by atoms with Crippen LogP contribution in [0.25, 0.3) is 17.2 Å². The Balaban J connectivity index is 2.26. The highest BCUT2D eigenvalue weighted by Gasteiger charge is 2.11. The van der Waals surface area contributed by atoms with Crippen LogP contribution in [0.1, 0.15) is 32.3 Å². The summed E-state index contributed by atoms with van der Waals surface area (Å²) in [4.78, 5) is 31.7. The maximum Gasteiger partial charge on any atom is 0.328 e. The minimum Gasteiger partial charge on any atom is -0.478 e. The highest BCUT2D eigenvalue weighted by Crippen LogP contribution is 2.33. The van der Waals surface area contributed by atoms with Crippen LogP contribution in [0.15, 0.2) is 48.5 Å². The smallest absolute Gasteiger partial charge is 0.328 e. The molecule has 0 amide bonds. The molecule has 0 unspecified atom stereocenters. The molecule has 0 spiro atoms. The van der Waals surface area contributed by atoms with Crippen LogP contribution in [0.4, 0.5) is 0 Å². The SMILES string of the molecule is CCCOOc1ccc(-c2cccc(C=CC(=O)O)c2)cc1OOCCC. The summed E-state index contributed by atoms with van der Waals surface area (Å²) in [5.41, 5.74) is 2.56. The molecule has 6 nitrogen and oxygen atoms in total. The third-order valence-electron chi connectivity index (χ3n) is 3.45. The Morgan fingerprint density at radius 3 is 2.26 bits per heavy atom. The summed E-state index contributed by atoms with van der Waals surface area (Å²) >= 11 is 0. The second-order valence-corrected chi connectivity index (χ2v) is 5.77. The molecule has 0 bridgehead atoms. The summed E-state index contributed by atoms with van der Waals surface area (Å²) in [5.74, 6) is -0.161. The molecular formula is C21H24O6. The Bertz CT molecular complexity index is 769. The molecule has 27 heavy (non-hydrogen) atoms. The molecule has 0 saturated heterocycles. The molecule has 2 aromatic carbocycles. The average molecular weight is 372 g/mol. The first-order valence-corrected chi connectivity index (χ1v) is 8.88. The summed E-state index contributed by atoms with van der Waals surface area (Å²) < 4.78 is 0. The normalized spacial score (nSPS) is 10.9. The highest BCUT2D eigenvalue weighted by molar-refractivity contribution is 5.85. The molecule has 1 N–H and O–H groups in total. The van der Waals surface area contributed by atoms with Crippen molar-refractivity contribution in [3.63, 3.8) is 0 Å². The lowest BCUT2D eigenvalue weighted by Gasteiger charge is -2.12. The summed E-state index contributed by atoms with van der Waals surface area (Å²) in [6, 6.07) is 12.9. The third kappa shape index (κ3) is 6.77. The van der Waals surface area contributed by atoms with E-state index in [-0.39, 0.29) is 0 Å². The first-order valence-electron chi connectivity index (χ1n) is 8.88. The second-order valence-electron chi connectivity index (χ2n) is 5.77. The van der Waals surface area contributed by atoms with Crippen LogP contribution >= 0.6 is 0 Å². The largest absolute Gasteiger partial charge is 0.478 e. The van der Waals surface area contributed by atoms with Gasteiger partial charge >= 0.3 is 5.97 Å². The maximum atomic E-state index is 10.7. The van der Waals surface area contributed by atoms with Crippen molar-refractivity contribution < 1.29 is 29.5 Å². The van der Waals surface area contributed by atoms with Crippen molar-refractivity contribution in [2.75, 3.05) is 13.2 Å². The Morgan fingerprint density at radius 2 is 1.59 bits per heavy atom. The van der Waals surface area contributed by atoms with Crippen molar-refractivity contribution in [2.45, 2.75) is 26.7 Å². The number of hydrogen-bond acceptors (Lipinski definition) is 5. The van der Waals surface area contributed by atoms with E-state index >= 15 is 0 Å². The Hall–Kier alpha value is -2.83. The Morgan fingerprint density at radius 1 is 0.926 bits per heavy atom. The topological polar surface area (TPSA) is 74.2 Å². The number of carbonyl (C=O) groups is 1. The fraction of sp³-hybridized carbons (Fsp3) is 0.286. The van der Waals surface area contributed by atoms with Crippen LogP contribution in [-0.2, 0) is 14.6 Å². The lowest BCUT2D eigenvalue weighted by atomic mass is 10.0. The van der Waals surface area contributed by atoms with Crippen LogP contribution in [0.2, 0.25) is 0 Å². The maximum absolute atomic E-state index is 10.7. The molecule has 0 saturated carbocycles. The van der Waals surface area contributed by atoms with Gasteiger partial charge in [-0.1, -0.05) is 38.1 Å². The highest BCUT2D eigenvalue weighted by atomic mass is 17.2. The molecule has 0 aliphatic heterocycles. The minimum absolute atomic E-state index is 0.406. The summed E-state index contributed by atoms with van der Waals surface area (Å²) in [6.07, 6.45) is 4.30. The van der Waals surface area contributed by atoms with Gasteiger partial charge in [0.1, 0.15) is 0 Å². The zero-order valence-electron chi connectivity index (χ0n) is 15.5. The van der Waals surface area contributed by atoms with Crippen LogP contribution in [0, 0.1) is 0 Å². The number of rotatable bonds is 11. The molecule has 0 aliphatic carbocycles. The van der Waals surface area contributed by atoms with Crippen molar-refractivity contribution in [3.8, 4) is 22.6 Å². The van der Waals surface area contributed by atoms with Crippen molar-refractivity contribution in [3.05, 3.63) is 54.1 Å². The van der Waals surface area contributed by atoms with Gasteiger partial charge in [-0.15, -0.1) is 0 Å². The van der Waals surface area contributed by atoms with Crippen LogP contribution in [0.5, 0.6) is 11.5 Å². The van der Waals surface area contributed by atoms with Gasteiger partial charge in [-0.3, -0.25) is 0 Å². The second kappa shape index (κ2) is 11.0. The van der Waals surface area contributed by atoms with Gasteiger partial charge in [0.25, 0.3) is 0 Å². The first-order chi connectivity index (χ1) is 13.1. The van der Waals surface area contributed by atoms with Crippen molar-refractivity contribution >= 4 is 12.0 Å². The zero-order valence-corrected chi connectivity index (χ0v) is 15.5. The van der Waals surface area contributed by atoms with Gasteiger partial charge in [0.2, 0.25) is 11.5 Å². The first kappa shape index (κ1) is 20.5. The molecule has 144 valence electrons. The van der Waals surface area contributed by atoms with E-state index in [1.807, 2.05) is 44.2 Å². The van der Waals surface area contributed by atoms with Crippen molar-refractivity contribution in [1.82, 2.24) is 0 Å². The minimum atomic E-state index is -0.988. The van der Waals surface area contributed by atoms with E-state index in [1.165, 1.54) is 0 Å². The van der Waals surface area contributed by atoms with Gasteiger partial charge in [0, 0.05) is 6.08 Å². The quantitative estimate of drug-likeness (QED) is 0.262. The third-order valence-corrected chi connectivity index (χ3v) is 3.45. The van der Waals surface area contributed by atoms with E-state index in [0.717, 1.165) is 35.6 Å². The van der Waals surface area contributed by atoms with Gasteiger partial charge < -0.3 is 14.9 Å². The van der Waals surface area contributed by atoms with E-state index in [4.69, 9.17) is 24.7 Å². The monoisotopic (exact) mass is 372 g/mol.